The van der Waals surface area contributed by atoms with Gasteiger partial charge in [0.25, 0.3) is 0 Å². The molecule has 0 spiro atoms. The lowest BCUT2D eigenvalue weighted by Crippen LogP contribution is -2.27. The lowest BCUT2D eigenvalue weighted by Gasteiger charge is -2.08. The predicted molar refractivity (Wildman–Crippen MR) is 104 cm³/mol. The lowest BCUT2D eigenvalue weighted by atomic mass is 10.2. The van der Waals surface area contributed by atoms with Gasteiger partial charge in [0.2, 0.25) is 0 Å². The Balaban J connectivity index is 3.45. The minimum Gasteiger partial charge on any atom is -0.478 e. The lowest BCUT2D eigenvalue weighted by molar-refractivity contribution is -0.138. The van der Waals surface area contributed by atoms with Gasteiger partial charge in [0.15, 0.2) is 0 Å². The molecular weight excluding hydrogens is 384 g/mol. The Morgan fingerprint density at radius 2 is 1.38 bits per heavy atom. The van der Waals surface area contributed by atoms with Gasteiger partial charge in [0.1, 0.15) is 13.2 Å². The van der Waals surface area contributed by atoms with E-state index in [1.165, 1.54) is 13.0 Å². The number of hydrogen-bond donors (Lipinski definition) is 3. The van der Waals surface area contributed by atoms with E-state index in [0.29, 0.717) is 19.5 Å². The first-order valence-corrected chi connectivity index (χ1v) is 9.37. The van der Waals surface area contributed by atoms with Crippen molar-refractivity contribution in [2.24, 2.45) is 0 Å². The van der Waals surface area contributed by atoms with Gasteiger partial charge in [-0.25, -0.2) is 19.2 Å². The average Bonchev–Trinajstić information content (AvgIpc) is 2.69. The van der Waals surface area contributed by atoms with Crippen LogP contribution < -0.4 is 10.6 Å². The van der Waals surface area contributed by atoms with Crippen molar-refractivity contribution >= 4 is 24.1 Å². The molecule has 164 valence electrons. The maximum absolute atomic E-state index is 11.4. The first-order valence-electron chi connectivity index (χ1n) is 9.37. The van der Waals surface area contributed by atoms with Crippen LogP contribution in [0.1, 0.15) is 39.0 Å². The van der Waals surface area contributed by atoms with Crippen molar-refractivity contribution in [3.8, 4) is 0 Å². The molecule has 0 aromatic heterocycles. The number of carboxylic acid groups (broad SMARTS) is 1. The molecule has 10 heteroatoms. The molecule has 0 heterocycles. The normalized spacial score (nSPS) is 10.6. The van der Waals surface area contributed by atoms with Crippen LogP contribution in [0.3, 0.4) is 0 Å². The summed E-state index contributed by atoms with van der Waals surface area (Å²) in [5, 5.41) is 13.9. The molecule has 0 radical (unpaired) electrons. The summed E-state index contributed by atoms with van der Waals surface area (Å²) in [4.78, 5) is 44.1. The minimum absolute atomic E-state index is 0.0214. The van der Waals surface area contributed by atoms with Gasteiger partial charge in [-0.1, -0.05) is 25.5 Å². The molecule has 0 fully saturated rings. The Kier molecular flexibility index (Phi) is 15.3. The number of aliphatic carboxylic acids is 1. The van der Waals surface area contributed by atoms with E-state index in [1.54, 1.807) is 0 Å². The van der Waals surface area contributed by atoms with Crippen LogP contribution >= 0.6 is 0 Å². The summed E-state index contributed by atoms with van der Waals surface area (Å²) in [5.74, 6) is -1.56. The second kappa shape index (κ2) is 17.1. The Hall–Kier alpha value is -3.04. The van der Waals surface area contributed by atoms with Crippen LogP contribution in [0.25, 0.3) is 0 Å². The predicted octanol–water partition coefficient (Wildman–Crippen LogP) is 2.15. The van der Waals surface area contributed by atoms with Crippen molar-refractivity contribution < 1.29 is 38.5 Å². The van der Waals surface area contributed by atoms with Crippen LogP contribution in [0.15, 0.2) is 24.3 Å². The second-order valence-electron chi connectivity index (χ2n) is 5.89. The maximum Gasteiger partial charge on any atom is 0.407 e. The number of nitrogens with one attached hydrogen (secondary N) is 2. The highest BCUT2D eigenvalue weighted by Gasteiger charge is 2.03. The van der Waals surface area contributed by atoms with Crippen molar-refractivity contribution in [3.63, 3.8) is 0 Å². The molecule has 0 bridgehead atoms. The van der Waals surface area contributed by atoms with Gasteiger partial charge in [-0.15, -0.1) is 0 Å². The smallest absolute Gasteiger partial charge is 0.407 e. The third-order valence-electron chi connectivity index (χ3n) is 3.51. The molecule has 0 rings (SSSR count). The van der Waals surface area contributed by atoms with Crippen LogP contribution in [-0.2, 0) is 23.8 Å². The number of amides is 2. The number of hydrogen-bond acceptors (Lipinski definition) is 7. The number of alkyl carbamates (subject to hydrolysis) is 2. The fourth-order valence-electron chi connectivity index (χ4n) is 1.94. The molecule has 3 N–H and O–H groups in total. The average molecular weight is 414 g/mol. The standard InChI is InChI=1S/C19H30N2O8/c1-3-16(22)27-13-14-29-19(26)21-11-7-5-4-6-10-20-18(25)28-12-8-9-15(2)17(23)24/h3,9H,1,4-8,10-14H2,2H3,(H,20,25)(H,21,26)(H,23,24). The summed E-state index contributed by atoms with van der Waals surface area (Å²) in [6, 6.07) is 0. The third kappa shape index (κ3) is 16.8. The van der Waals surface area contributed by atoms with Crippen molar-refractivity contribution in [1.82, 2.24) is 10.6 Å². The van der Waals surface area contributed by atoms with E-state index in [1.807, 2.05) is 0 Å². The van der Waals surface area contributed by atoms with Gasteiger partial charge < -0.3 is 30.0 Å². The minimum atomic E-state index is -0.993. The van der Waals surface area contributed by atoms with Crippen molar-refractivity contribution in [2.75, 3.05) is 32.9 Å². The fraction of sp³-hybridized carbons (Fsp3) is 0.579. The van der Waals surface area contributed by atoms with Crippen LogP contribution in [-0.4, -0.2) is 62.1 Å². The van der Waals surface area contributed by atoms with E-state index in [-0.39, 0.29) is 25.4 Å². The maximum atomic E-state index is 11.4. The number of carboxylic acids is 1. The van der Waals surface area contributed by atoms with E-state index in [2.05, 4.69) is 21.9 Å². The number of rotatable bonds is 15. The molecule has 0 saturated heterocycles. The Labute approximate surface area is 170 Å². The van der Waals surface area contributed by atoms with Crippen LogP contribution in [0.2, 0.25) is 0 Å². The van der Waals surface area contributed by atoms with Crippen molar-refractivity contribution in [2.45, 2.75) is 39.0 Å². The molecule has 0 aromatic rings. The van der Waals surface area contributed by atoms with E-state index in [0.717, 1.165) is 31.8 Å². The summed E-state index contributed by atoms with van der Waals surface area (Å²) < 4.78 is 14.4. The highest BCUT2D eigenvalue weighted by atomic mass is 16.6. The van der Waals surface area contributed by atoms with E-state index >= 15 is 0 Å². The highest BCUT2D eigenvalue weighted by molar-refractivity contribution is 5.85. The molecule has 0 saturated carbocycles. The molecule has 29 heavy (non-hydrogen) atoms. The van der Waals surface area contributed by atoms with Crippen LogP contribution in [0, 0.1) is 0 Å². The number of ether oxygens (including phenoxy) is 3. The van der Waals surface area contributed by atoms with Crippen molar-refractivity contribution in [1.29, 1.82) is 0 Å². The summed E-state index contributed by atoms with van der Waals surface area (Å²) in [6.45, 7) is 5.73. The number of esters is 1. The second-order valence-corrected chi connectivity index (χ2v) is 5.89. The summed E-state index contributed by atoms with van der Waals surface area (Å²) >= 11 is 0. The van der Waals surface area contributed by atoms with Crippen LogP contribution in [0.5, 0.6) is 0 Å². The number of unbranched alkanes of at least 4 members (excludes halogenated alkanes) is 3. The first-order chi connectivity index (χ1) is 13.9. The quantitative estimate of drug-likeness (QED) is 0.160. The first kappa shape index (κ1) is 26.0. The highest BCUT2D eigenvalue weighted by Crippen LogP contribution is 1.99. The zero-order valence-corrected chi connectivity index (χ0v) is 16.7. The molecule has 0 atom stereocenters. The van der Waals surface area contributed by atoms with Crippen molar-refractivity contribution in [3.05, 3.63) is 24.3 Å². The topological polar surface area (TPSA) is 140 Å². The van der Waals surface area contributed by atoms with E-state index < -0.39 is 24.1 Å². The largest absolute Gasteiger partial charge is 0.478 e. The molecule has 0 aromatic carbocycles. The molecule has 0 unspecified atom stereocenters. The summed E-state index contributed by atoms with van der Waals surface area (Å²) in [5.41, 5.74) is 0.214. The fourth-order valence-corrected chi connectivity index (χ4v) is 1.94. The number of carbonyl (C=O) groups excluding carboxylic acids is 3. The third-order valence-corrected chi connectivity index (χ3v) is 3.51. The number of carbonyl (C=O) groups is 4. The van der Waals surface area contributed by atoms with Gasteiger partial charge in [-0.3, -0.25) is 0 Å². The molecule has 0 aliphatic heterocycles. The SMILES string of the molecule is C=CC(=O)OCCOC(=O)NCCCCCCNC(=O)OCCC=C(C)C(=O)O. The Morgan fingerprint density at radius 3 is 1.90 bits per heavy atom. The molecule has 10 nitrogen and oxygen atoms in total. The zero-order chi connectivity index (χ0) is 21.9. The van der Waals surface area contributed by atoms with E-state index in [9.17, 15) is 19.2 Å². The van der Waals surface area contributed by atoms with Gasteiger partial charge in [0, 0.05) is 31.2 Å². The van der Waals surface area contributed by atoms with Crippen LogP contribution in [0.4, 0.5) is 9.59 Å². The Bertz CT molecular complexity index is 575. The van der Waals surface area contributed by atoms with Gasteiger partial charge in [-0.2, -0.15) is 0 Å². The molecular formula is C19H30N2O8. The summed E-state index contributed by atoms with van der Waals surface area (Å²) in [6.07, 6.45) is 5.04. The summed E-state index contributed by atoms with van der Waals surface area (Å²) in [7, 11) is 0. The monoisotopic (exact) mass is 414 g/mol. The van der Waals surface area contributed by atoms with Gasteiger partial charge in [-0.05, 0) is 19.8 Å². The van der Waals surface area contributed by atoms with E-state index in [4.69, 9.17) is 14.6 Å². The Morgan fingerprint density at radius 1 is 0.862 bits per heavy atom. The van der Waals surface area contributed by atoms with Gasteiger partial charge in [0.05, 0.1) is 6.61 Å². The molecule has 0 aliphatic rings. The zero-order valence-electron chi connectivity index (χ0n) is 16.7. The van der Waals surface area contributed by atoms with Gasteiger partial charge >= 0.3 is 24.1 Å². The molecule has 2 amide bonds. The molecule has 0 aliphatic carbocycles.